The van der Waals surface area contributed by atoms with Crippen molar-refractivity contribution < 1.29 is 9.90 Å². The third-order valence-corrected chi connectivity index (χ3v) is 3.01. The van der Waals surface area contributed by atoms with Crippen molar-refractivity contribution in [2.45, 2.75) is 19.8 Å². The molecule has 0 saturated heterocycles. The number of aromatic nitrogens is 2. The minimum atomic E-state index is -0.797. The fourth-order valence-corrected chi connectivity index (χ4v) is 2.25. The summed E-state index contributed by atoms with van der Waals surface area (Å²) in [6.45, 7) is 3.83. The Bertz CT molecular complexity index is 558. The summed E-state index contributed by atoms with van der Waals surface area (Å²) in [5, 5.41) is 14.6. The minimum absolute atomic E-state index is 0.0336. The van der Waals surface area contributed by atoms with Crippen molar-refractivity contribution in [1.29, 1.82) is 0 Å². The Kier molecular flexibility index (Phi) is 2.88. The van der Waals surface area contributed by atoms with Crippen LogP contribution in [0.2, 0.25) is 0 Å². The lowest BCUT2D eigenvalue weighted by Gasteiger charge is -2.16. The molecule has 0 aliphatic carbocycles. The van der Waals surface area contributed by atoms with Gasteiger partial charge in [-0.15, -0.1) is 0 Å². The molecule has 1 N–H and O–H groups in total. The Hall–Kier alpha value is -1.84. The second-order valence-corrected chi connectivity index (χ2v) is 4.59. The number of aryl methyl sites for hydroxylation is 1. The van der Waals surface area contributed by atoms with Gasteiger partial charge in [0.05, 0.1) is 11.2 Å². The predicted molar refractivity (Wildman–Crippen MR) is 65.9 cm³/mol. The number of rotatable bonds is 3. The molecule has 0 aliphatic rings. The first kappa shape index (κ1) is 11.6. The average molecular weight is 232 g/mol. The number of hydrogen-bond acceptors (Lipinski definition) is 2. The van der Waals surface area contributed by atoms with Gasteiger partial charge in [-0.3, -0.25) is 9.48 Å². The van der Waals surface area contributed by atoms with Gasteiger partial charge in [-0.25, -0.2) is 0 Å². The van der Waals surface area contributed by atoms with Gasteiger partial charge in [-0.1, -0.05) is 32.0 Å². The SMILES string of the molecule is CC(C)C(C(=O)O)c1c2ccccc2nn1C. The molecule has 1 unspecified atom stereocenters. The average Bonchev–Trinajstić information content (AvgIpc) is 2.55. The smallest absolute Gasteiger partial charge is 0.312 e. The van der Waals surface area contributed by atoms with Gasteiger partial charge < -0.3 is 5.11 Å². The van der Waals surface area contributed by atoms with Crippen molar-refractivity contribution in [3.05, 3.63) is 30.0 Å². The standard InChI is InChI=1S/C13H16N2O2/c1-8(2)11(13(16)17)12-9-6-4-5-7-10(9)14-15(12)3/h4-8,11H,1-3H3,(H,16,17). The molecule has 2 aromatic rings. The van der Waals surface area contributed by atoms with E-state index in [1.54, 1.807) is 11.7 Å². The highest BCUT2D eigenvalue weighted by Crippen LogP contribution is 2.30. The van der Waals surface area contributed by atoms with Crippen molar-refractivity contribution in [3.8, 4) is 0 Å². The molecule has 0 spiro atoms. The first-order valence-electron chi connectivity index (χ1n) is 5.66. The monoisotopic (exact) mass is 232 g/mol. The van der Waals surface area contributed by atoms with Gasteiger partial charge in [0.25, 0.3) is 0 Å². The number of benzene rings is 1. The predicted octanol–water partition coefficient (Wildman–Crippen LogP) is 2.40. The van der Waals surface area contributed by atoms with E-state index in [0.29, 0.717) is 0 Å². The van der Waals surface area contributed by atoms with E-state index < -0.39 is 11.9 Å². The van der Waals surface area contributed by atoms with Crippen LogP contribution in [0.3, 0.4) is 0 Å². The zero-order chi connectivity index (χ0) is 12.6. The van der Waals surface area contributed by atoms with E-state index in [-0.39, 0.29) is 5.92 Å². The summed E-state index contributed by atoms with van der Waals surface area (Å²) in [6, 6.07) is 7.64. The van der Waals surface area contributed by atoms with Crippen LogP contribution < -0.4 is 0 Å². The van der Waals surface area contributed by atoms with E-state index in [1.165, 1.54) is 0 Å². The molecule has 0 amide bonds. The Morgan fingerprint density at radius 1 is 1.35 bits per heavy atom. The molecule has 0 bridgehead atoms. The normalized spacial score (nSPS) is 13.2. The summed E-state index contributed by atoms with van der Waals surface area (Å²) in [6.07, 6.45) is 0. The molecule has 17 heavy (non-hydrogen) atoms. The molecular weight excluding hydrogens is 216 g/mol. The lowest BCUT2D eigenvalue weighted by atomic mass is 9.90. The van der Waals surface area contributed by atoms with Gasteiger partial charge in [-0.05, 0) is 12.0 Å². The summed E-state index contributed by atoms with van der Waals surface area (Å²) >= 11 is 0. The van der Waals surface area contributed by atoms with Crippen LogP contribution in [0.15, 0.2) is 24.3 Å². The van der Waals surface area contributed by atoms with Crippen LogP contribution in [0, 0.1) is 5.92 Å². The molecule has 1 aromatic heterocycles. The lowest BCUT2D eigenvalue weighted by Crippen LogP contribution is -2.20. The summed E-state index contributed by atoms with van der Waals surface area (Å²) < 4.78 is 1.68. The van der Waals surface area contributed by atoms with Gasteiger partial charge in [0.2, 0.25) is 0 Å². The number of carboxylic acid groups (broad SMARTS) is 1. The molecule has 0 aliphatic heterocycles. The van der Waals surface area contributed by atoms with Gasteiger partial charge in [-0.2, -0.15) is 5.10 Å². The molecule has 1 heterocycles. The van der Waals surface area contributed by atoms with Crippen molar-refractivity contribution >= 4 is 16.9 Å². The van der Waals surface area contributed by atoms with E-state index in [0.717, 1.165) is 16.6 Å². The lowest BCUT2D eigenvalue weighted by molar-refractivity contribution is -0.140. The van der Waals surface area contributed by atoms with E-state index in [4.69, 9.17) is 0 Å². The largest absolute Gasteiger partial charge is 0.481 e. The first-order chi connectivity index (χ1) is 8.02. The van der Waals surface area contributed by atoms with E-state index >= 15 is 0 Å². The fraction of sp³-hybridized carbons (Fsp3) is 0.385. The zero-order valence-corrected chi connectivity index (χ0v) is 10.2. The summed E-state index contributed by atoms with van der Waals surface area (Å²) in [7, 11) is 1.80. The van der Waals surface area contributed by atoms with Crippen molar-refractivity contribution in [2.75, 3.05) is 0 Å². The number of hydrogen-bond donors (Lipinski definition) is 1. The highest BCUT2D eigenvalue weighted by Gasteiger charge is 2.28. The van der Waals surface area contributed by atoms with Gasteiger partial charge >= 0.3 is 5.97 Å². The van der Waals surface area contributed by atoms with E-state index in [9.17, 15) is 9.90 Å². The van der Waals surface area contributed by atoms with Crippen LogP contribution >= 0.6 is 0 Å². The molecule has 4 heteroatoms. The highest BCUT2D eigenvalue weighted by molar-refractivity contribution is 5.88. The Balaban J connectivity index is 2.68. The molecule has 0 saturated carbocycles. The molecular formula is C13H16N2O2. The number of carbonyl (C=O) groups is 1. The van der Waals surface area contributed by atoms with Crippen LogP contribution in [-0.4, -0.2) is 20.9 Å². The maximum Gasteiger partial charge on any atom is 0.312 e. The number of nitrogens with zero attached hydrogens (tertiary/aromatic N) is 2. The highest BCUT2D eigenvalue weighted by atomic mass is 16.4. The Morgan fingerprint density at radius 3 is 2.59 bits per heavy atom. The van der Waals surface area contributed by atoms with E-state index in [2.05, 4.69) is 5.10 Å². The molecule has 2 rings (SSSR count). The van der Waals surface area contributed by atoms with E-state index in [1.807, 2.05) is 38.1 Å². The van der Waals surface area contributed by atoms with Crippen molar-refractivity contribution in [2.24, 2.45) is 13.0 Å². The number of aliphatic carboxylic acids is 1. The Morgan fingerprint density at radius 2 is 2.00 bits per heavy atom. The zero-order valence-electron chi connectivity index (χ0n) is 10.2. The van der Waals surface area contributed by atoms with Crippen LogP contribution in [-0.2, 0) is 11.8 Å². The second kappa shape index (κ2) is 4.20. The maximum atomic E-state index is 11.4. The molecule has 1 aromatic carbocycles. The first-order valence-corrected chi connectivity index (χ1v) is 5.66. The van der Waals surface area contributed by atoms with Crippen LogP contribution in [0.1, 0.15) is 25.5 Å². The van der Waals surface area contributed by atoms with Gasteiger partial charge in [0.15, 0.2) is 0 Å². The molecule has 90 valence electrons. The minimum Gasteiger partial charge on any atom is -0.481 e. The molecule has 0 fully saturated rings. The molecule has 0 radical (unpaired) electrons. The third-order valence-electron chi connectivity index (χ3n) is 3.01. The van der Waals surface area contributed by atoms with Crippen LogP contribution in [0.5, 0.6) is 0 Å². The Labute approximate surface area is 99.9 Å². The topological polar surface area (TPSA) is 55.1 Å². The van der Waals surface area contributed by atoms with Crippen LogP contribution in [0.4, 0.5) is 0 Å². The number of carboxylic acids is 1. The van der Waals surface area contributed by atoms with Crippen molar-refractivity contribution in [1.82, 2.24) is 9.78 Å². The summed E-state index contributed by atoms with van der Waals surface area (Å²) in [5.74, 6) is -1.28. The third kappa shape index (κ3) is 1.90. The van der Waals surface area contributed by atoms with Gasteiger partial charge in [0.1, 0.15) is 5.92 Å². The molecule has 4 nitrogen and oxygen atoms in total. The quantitative estimate of drug-likeness (QED) is 0.884. The maximum absolute atomic E-state index is 11.4. The van der Waals surface area contributed by atoms with Crippen molar-refractivity contribution in [3.63, 3.8) is 0 Å². The van der Waals surface area contributed by atoms with Gasteiger partial charge in [0, 0.05) is 12.4 Å². The summed E-state index contributed by atoms with van der Waals surface area (Å²) in [4.78, 5) is 11.4. The summed E-state index contributed by atoms with van der Waals surface area (Å²) in [5.41, 5.74) is 1.63. The molecule has 1 atom stereocenters. The van der Waals surface area contributed by atoms with Crippen LogP contribution in [0.25, 0.3) is 10.9 Å². The number of fused-ring (bicyclic) bond motifs is 1. The fourth-order valence-electron chi connectivity index (χ4n) is 2.25. The second-order valence-electron chi connectivity index (χ2n) is 4.59.